The number of halogens is 3. The number of nitrogens with one attached hydrogen (secondary N) is 1. The number of rotatable bonds is 1. The molecule has 2 aromatic rings. The van der Waals surface area contributed by atoms with Gasteiger partial charge in [0.05, 0.1) is 5.56 Å². The first-order valence-electron chi connectivity index (χ1n) is 8.04. The molecule has 1 aromatic carbocycles. The van der Waals surface area contributed by atoms with E-state index < -0.39 is 11.7 Å². The smallest absolute Gasteiger partial charge is 0.383 e. The van der Waals surface area contributed by atoms with Crippen LogP contribution in [0.3, 0.4) is 0 Å². The van der Waals surface area contributed by atoms with Crippen LogP contribution in [0.2, 0.25) is 0 Å². The van der Waals surface area contributed by atoms with Crippen LogP contribution in [-0.4, -0.2) is 11.0 Å². The molecule has 2 aliphatic heterocycles. The molecular weight excluding hydrogens is 329 g/mol. The molecule has 3 heterocycles. The number of hydrogen-bond acceptors (Lipinski definition) is 4. The van der Waals surface area contributed by atoms with Crippen molar-refractivity contribution in [3.8, 4) is 17.2 Å². The van der Waals surface area contributed by atoms with Crippen molar-refractivity contribution in [1.82, 2.24) is 10.3 Å². The van der Waals surface area contributed by atoms with E-state index in [2.05, 4.69) is 10.3 Å². The largest absolute Gasteiger partial charge is 0.416 e. The quantitative estimate of drug-likeness (QED) is 0.829. The third-order valence-electron chi connectivity index (χ3n) is 4.96. The van der Waals surface area contributed by atoms with E-state index in [1.54, 1.807) is 6.07 Å². The lowest BCUT2D eigenvalue weighted by Crippen LogP contribution is -2.33. The zero-order valence-corrected chi connectivity index (χ0v) is 13.2. The minimum absolute atomic E-state index is 0.00140. The van der Waals surface area contributed by atoms with Crippen molar-refractivity contribution in [2.75, 3.05) is 5.73 Å². The van der Waals surface area contributed by atoms with Gasteiger partial charge in [-0.05, 0) is 36.1 Å². The maximum Gasteiger partial charge on any atom is 0.416 e. The number of nitrogens with two attached hydrogens (primary N) is 1. The summed E-state index contributed by atoms with van der Waals surface area (Å²) in [5, 5.41) is 13.0. The summed E-state index contributed by atoms with van der Waals surface area (Å²) in [5.74, 6) is 0.0787. The first-order valence-corrected chi connectivity index (χ1v) is 8.04. The summed E-state index contributed by atoms with van der Waals surface area (Å²) in [7, 11) is 0. The maximum absolute atomic E-state index is 13.1. The van der Waals surface area contributed by atoms with Gasteiger partial charge in [0.15, 0.2) is 0 Å². The van der Waals surface area contributed by atoms with E-state index in [4.69, 9.17) is 5.73 Å². The van der Waals surface area contributed by atoms with Crippen molar-refractivity contribution in [1.29, 1.82) is 5.26 Å². The van der Waals surface area contributed by atoms with E-state index in [-0.39, 0.29) is 17.4 Å². The molecule has 128 valence electrons. The monoisotopic (exact) mass is 344 g/mol. The zero-order valence-electron chi connectivity index (χ0n) is 13.2. The van der Waals surface area contributed by atoms with Crippen molar-refractivity contribution in [3.05, 3.63) is 46.6 Å². The van der Waals surface area contributed by atoms with Crippen LogP contribution >= 0.6 is 0 Å². The third-order valence-corrected chi connectivity index (χ3v) is 4.96. The molecule has 25 heavy (non-hydrogen) atoms. The molecule has 2 aliphatic rings. The van der Waals surface area contributed by atoms with Gasteiger partial charge in [0.2, 0.25) is 0 Å². The van der Waals surface area contributed by atoms with Crippen molar-refractivity contribution >= 4 is 5.82 Å². The van der Waals surface area contributed by atoms with Crippen LogP contribution in [0.25, 0.3) is 11.1 Å². The molecule has 0 amide bonds. The van der Waals surface area contributed by atoms with E-state index in [9.17, 15) is 18.4 Å². The van der Waals surface area contributed by atoms with Crippen LogP contribution in [0.5, 0.6) is 0 Å². The summed E-state index contributed by atoms with van der Waals surface area (Å²) in [6.07, 6.45) is -1.92. The number of benzene rings is 1. The Balaban J connectivity index is 1.99. The van der Waals surface area contributed by atoms with E-state index >= 15 is 0 Å². The second kappa shape index (κ2) is 5.46. The van der Waals surface area contributed by atoms with Crippen molar-refractivity contribution in [2.45, 2.75) is 37.5 Å². The number of aromatic nitrogens is 1. The summed E-state index contributed by atoms with van der Waals surface area (Å²) in [5.41, 5.74) is 7.79. The lowest BCUT2D eigenvalue weighted by Gasteiger charge is -2.27. The summed E-state index contributed by atoms with van der Waals surface area (Å²) >= 11 is 0. The molecule has 3 N–H and O–H groups in total. The Kier molecular flexibility index (Phi) is 3.48. The molecule has 0 aliphatic carbocycles. The normalized spacial score (nSPS) is 21.7. The topological polar surface area (TPSA) is 74.7 Å². The summed E-state index contributed by atoms with van der Waals surface area (Å²) in [4.78, 5) is 4.38. The number of nitrogen functional groups attached to an aromatic ring is 1. The van der Waals surface area contributed by atoms with Gasteiger partial charge in [0, 0.05) is 29.8 Å². The van der Waals surface area contributed by atoms with Gasteiger partial charge in [-0.1, -0.05) is 12.1 Å². The molecule has 0 saturated carbocycles. The predicted molar refractivity (Wildman–Crippen MR) is 86.4 cm³/mol. The first-order chi connectivity index (χ1) is 11.9. The molecule has 0 unspecified atom stereocenters. The molecular formula is C18H15F3N4. The van der Waals surface area contributed by atoms with Gasteiger partial charge in [0.1, 0.15) is 17.5 Å². The highest BCUT2D eigenvalue weighted by atomic mass is 19.4. The van der Waals surface area contributed by atoms with Crippen LogP contribution in [0.1, 0.15) is 41.3 Å². The molecule has 1 saturated heterocycles. The lowest BCUT2D eigenvalue weighted by molar-refractivity contribution is -0.137. The van der Waals surface area contributed by atoms with Gasteiger partial charge in [-0.3, -0.25) is 0 Å². The van der Waals surface area contributed by atoms with Crippen molar-refractivity contribution in [3.63, 3.8) is 0 Å². The number of hydrogen-bond donors (Lipinski definition) is 2. The van der Waals surface area contributed by atoms with Crippen molar-refractivity contribution < 1.29 is 13.2 Å². The molecule has 0 spiro atoms. The second-order valence-corrected chi connectivity index (χ2v) is 6.50. The number of fused-ring (bicyclic) bond motifs is 4. The minimum Gasteiger partial charge on any atom is -0.383 e. The molecule has 4 nitrogen and oxygen atoms in total. The van der Waals surface area contributed by atoms with Gasteiger partial charge < -0.3 is 11.1 Å². The van der Waals surface area contributed by atoms with Gasteiger partial charge in [0.25, 0.3) is 0 Å². The standard InChI is InChI=1S/C18H15F3N4/c19-18(20,21)10-3-1-2-9(6-10)15-12(8-22)17(23)25-14-7-11-4-5-13(24-11)16(14)15/h1-3,6,11,13,24H,4-5,7H2,(H2,23,25)/t11-,13+/m0/s1. The maximum atomic E-state index is 13.1. The first kappa shape index (κ1) is 15.9. The fraction of sp³-hybridized carbons (Fsp3) is 0.333. The fourth-order valence-electron chi connectivity index (χ4n) is 3.90. The number of anilines is 1. The number of nitriles is 1. The van der Waals surface area contributed by atoms with Crippen LogP contribution in [0, 0.1) is 11.3 Å². The number of pyridine rings is 1. The van der Waals surface area contributed by atoms with Gasteiger partial charge >= 0.3 is 6.18 Å². The van der Waals surface area contributed by atoms with Crippen LogP contribution in [0.15, 0.2) is 24.3 Å². The summed E-state index contributed by atoms with van der Waals surface area (Å²) in [6, 6.07) is 7.39. The van der Waals surface area contributed by atoms with Crippen LogP contribution in [-0.2, 0) is 12.6 Å². The molecule has 4 rings (SSSR count). The minimum atomic E-state index is -4.45. The fourth-order valence-corrected chi connectivity index (χ4v) is 3.90. The third kappa shape index (κ3) is 2.53. The number of alkyl halides is 3. The van der Waals surface area contributed by atoms with Gasteiger partial charge in [-0.15, -0.1) is 0 Å². The van der Waals surface area contributed by atoms with Gasteiger partial charge in [-0.2, -0.15) is 18.4 Å². The highest BCUT2D eigenvalue weighted by Crippen LogP contribution is 2.44. The Morgan fingerprint density at radius 2 is 2.08 bits per heavy atom. The highest BCUT2D eigenvalue weighted by Gasteiger charge is 2.37. The highest BCUT2D eigenvalue weighted by molar-refractivity contribution is 5.80. The Bertz CT molecular complexity index is 898. The molecule has 2 bridgehead atoms. The SMILES string of the molecule is N#Cc1c(N)nc2c(c1-c1cccc(C(F)(F)F)c1)[C@H]1CC[C@@H](C2)N1. The van der Waals surface area contributed by atoms with E-state index in [1.165, 1.54) is 6.07 Å². The number of nitrogens with zero attached hydrogens (tertiary/aromatic N) is 2. The molecule has 2 atom stereocenters. The second-order valence-electron chi connectivity index (χ2n) is 6.50. The predicted octanol–water partition coefficient (Wildman–Crippen LogP) is 3.57. The summed E-state index contributed by atoms with van der Waals surface area (Å²) in [6.45, 7) is 0. The molecule has 7 heteroatoms. The summed E-state index contributed by atoms with van der Waals surface area (Å²) < 4.78 is 39.4. The molecule has 0 radical (unpaired) electrons. The van der Waals surface area contributed by atoms with Gasteiger partial charge in [-0.25, -0.2) is 4.98 Å². The molecule has 1 aromatic heterocycles. The van der Waals surface area contributed by atoms with E-state index in [1.807, 2.05) is 6.07 Å². The Labute approximate surface area is 142 Å². The van der Waals surface area contributed by atoms with E-state index in [0.29, 0.717) is 23.6 Å². The van der Waals surface area contributed by atoms with E-state index in [0.717, 1.165) is 36.2 Å². The Morgan fingerprint density at radius 3 is 2.80 bits per heavy atom. The average molecular weight is 344 g/mol. The van der Waals surface area contributed by atoms with Crippen molar-refractivity contribution in [2.24, 2.45) is 0 Å². The average Bonchev–Trinajstić information content (AvgIpc) is 2.95. The Morgan fingerprint density at radius 1 is 1.28 bits per heavy atom. The Hall–Kier alpha value is -2.59. The molecule has 1 fully saturated rings. The lowest BCUT2D eigenvalue weighted by atomic mass is 9.87. The zero-order chi connectivity index (χ0) is 17.8. The van der Waals surface area contributed by atoms with Crippen LogP contribution in [0.4, 0.5) is 19.0 Å². The van der Waals surface area contributed by atoms with Crippen LogP contribution < -0.4 is 11.1 Å².